The lowest BCUT2D eigenvalue weighted by molar-refractivity contribution is -0.134. The second-order valence-corrected chi connectivity index (χ2v) is 6.11. The van der Waals surface area contributed by atoms with Gasteiger partial charge >= 0.3 is 0 Å². The van der Waals surface area contributed by atoms with E-state index in [0.717, 1.165) is 37.2 Å². The Hall–Kier alpha value is -1.88. The van der Waals surface area contributed by atoms with Crippen molar-refractivity contribution in [2.75, 3.05) is 18.4 Å². The molecule has 2 amide bonds. The van der Waals surface area contributed by atoms with E-state index in [2.05, 4.69) is 10.6 Å². The summed E-state index contributed by atoms with van der Waals surface area (Å²) in [5.74, 6) is -0.570. The molecule has 5 heteroatoms. The summed E-state index contributed by atoms with van der Waals surface area (Å²) in [6.45, 7) is 1.72. The van der Waals surface area contributed by atoms with E-state index in [1.807, 2.05) is 24.3 Å². The molecule has 1 aliphatic rings. The van der Waals surface area contributed by atoms with E-state index in [0.29, 0.717) is 12.8 Å². The topological polar surface area (TPSA) is 84.2 Å². The van der Waals surface area contributed by atoms with E-state index >= 15 is 0 Å². The molecule has 0 bridgehead atoms. The summed E-state index contributed by atoms with van der Waals surface area (Å²) in [5.41, 5.74) is 7.49. The van der Waals surface area contributed by atoms with E-state index < -0.39 is 0 Å². The van der Waals surface area contributed by atoms with Crippen molar-refractivity contribution in [1.82, 2.24) is 5.32 Å². The Morgan fingerprint density at radius 1 is 1.13 bits per heavy atom. The van der Waals surface area contributed by atoms with Gasteiger partial charge in [0.2, 0.25) is 11.8 Å². The Bertz CT molecular complexity index is 531. The zero-order valence-electron chi connectivity index (χ0n) is 13.6. The van der Waals surface area contributed by atoms with Crippen molar-refractivity contribution in [1.29, 1.82) is 0 Å². The third-order valence-corrected chi connectivity index (χ3v) is 4.24. The first-order chi connectivity index (χ1) is 11.2. The number of carbonyl (C=O) groups excluding carboxylic acids is 2. The predicted octanol–water partition coefficient (Wildman–Crippen LogP) is 2.53. The summed E-state index contributed by atoms with van der Waals surface area (Å²) in [6.07, 6.45) is 6.90. The number of hydrogen-bond donors (Lipinski definition) is 3. The van der Waals surface area contributed by atoms with Crippen LogP contribution in [0.2, 0.25) is 0 Å². The lowest BCUT2D eigenvalue weighted by Gasteiger charge is -2.21. The van der Waals surface area contributed by atoms with E-state index in [1.165, 1.54) is 19.3 Å². The highest BCUT2D eigenvalue weighted by molar-refractivity contribution is 6.01. The number of hydrogen-bond acceptors (Lipinski definition) is 4. The van der Waals surface area contributed by atoms with E-state index in [1.54, 1.807) is 0 Å². The molecular formula is C18H27N3O2. The van der Waals surface area contributed by atoms with Gasteiger partial charge in [0.25, 0.3) is 0 Å². The van der Waals surface area contributed by atoms with E-state index in [9.17, 15) is 9.59 Å². The van der Waals surface area contributed by atoms with Gasteiger partial charge < -0.3 is 11.1 Å². The van der Waals surface area contributed by atoms with E-state index in [-0.39, 0.29) is 17.7 Å². The van der Waals surface area contributed by atoms with Crippen LogP contribution in [0.5, 0.6) is 0 Å². The first-order valence-corrected chi connectivity index (χ1v) is 8.58. The summed E-state index contributed by atoms with van der Waals surface area (Å²) in [4.78, 5) is 23.2. The first-order valence-electron chi connectivity index (χ1n) is 8.58. The van der Waals surface area contributed by atoms with Gasteiger partial charge in [0.05, 0.1) is 5.92 Å². The van der Waals surface area contributed by atoms with Crippen LogP contribution in [0.15, 0.2) is 24.3 Å². The van der Waals surface area contributed by atoms with Crippen LogP contribution < -0.4 is 16.4 Å². The van der Waals surface area contributed by atoms with Gasteiger partial charge in [-0.2, -0.15) is 0 Å². The van der Waals surface area contributed by atoms with Crippen molar-refractivity contribution < 1.29 is 9.59 Å². The van der Waals surface area contributed by atoms with Crippen LogP contribution >= 0.6 is 0 Å². The Kier molecular flexibility index (Phi) is 7.07. The maximum atomic E-state index is 11.9. The quantitative estimate of drug-likeness (QED) is 0.483. The molecule has 1 heterocycles. The van der Waals surface area contributed by atoms with Crippen LogP contribution in [0.1, 0.15) is 56.4 Å². The van der Waals surface area contributed by atoms with Crippen molar-refractivity contribution in [2.45, 2.75) is 50.9 Å². The van der Waals surface area contributed by atoms with Crippen LogP contribution in [0.3, 0.4) is 0 Å². The van der Waals surface area contributed by atoms with Gasteiger partial charge in [-0.3, -0.25) is 14.9 Å². The number of benzene rings is 1. The third kappa shape index (κ3) is 5.67. The molecule has 4 N–H and O–H groups in total. The highest BCUT2D eigenvalue weighted by Gasteiger charge is 2.27. The molecule has 0 saturated carbocycles. The number of nitrogens with two attached hydrogens (primary N) is 1. The van der Waals surface area contributed by atoms with Gasteiger partial charge in [0, 0.05) is 18.7 Å². The minimum absolute atomic E-state index is 0.171. The smallest absolute Gasteiger partial charge is 0.234 e. The second kappa shape index (κ2) is 9.30. The van der Waals surface area contributed by atoms with Gasteiger partial charge in [-0.25, -0.2) is 0 Å². The van der Waals surface area contributed by atoms with Crippen LogP contribution in [-0.2, 0) is 9.59 Å². The van der Waals surface area contributed by atoms with Crippen molar-refractivity contribution in [3.05, 3.63) is 29.8 Å². The van der Waals surface area contributed by atoms with Crippen LogP contribution in [0.25, 0.3) is 0 Å². The van der Waals surface area contributed by atoms with Crippen molar-refractivity contribution in [3.63, 3.8) is 0 Å². The average molecular weight is 317 g/mol. The molecule has 1 atom stereocenters. The Labute approximate surface area is 138 Å². The molecule has 23 heavy (non-hydrogen) atoms. The van der Waals surface area contributed by atoms with Gasteiger partial charge in [0.1, 0.15) is 0 Å². The zero-order chi connectivity index (χ0) is 16.5. The lowest BCUT2D eigenvalue weighted by atomic mass is 9.90. The summed E-state index contributed by atoms with van der Waals surface area (Å²) in [7, 11) is 0. The minimum atomic E-state index is -0.217. The normalized spacial score (nSPS) is 17.9. The van der Waals surface area contributed by atoms with Crippen LogP contribution in [-0.4, -0.2) is 24.9 Å². The molecule has 0 aliphatic carbocycles. The molecule has 5 nitrogen and oxygen atoms in total. The molecule has 0 radical (unpaired) electrons. The molecular weight excluding hydrogens is 290 g/mol. The Morgan fingerprint density at radius 3 is 2.70 bits per heavy atom. The molecule has 1 saturated heterocycles. The minimum Gasteiger partial charge on any atom is -0.385 e. The fraction of sp³-hybridized carbons (Fsp3) is 0.556. The summed E-state index contributed by atoms with van der Waals surface area (Å²) in [5, 5.41) is 5.83. The molecule has 1 aromatic rings. The van der Waals surface area contributed by atoms with E-state index in [4.69, 9.17) is 5.73 Å². The first kappa shape index (κ1) is 17.5. The maximum absolute atomic E-state index is 11.9. The summed E-state index contributed by atoms with van der Waals surface area (Å²) >= 11 is 0. The second-order valence-electron chi connectivity index (χ2n) is 6.11. The molecule has 1 unspecified atom stereocenters. The summed E-state index contributed by atoms with van der Waals surface area (Å²) in [6, 6.07) is 7.96. The van der Waals surface area contributed by atoms with Gasteiger partial charge in [-0.05, 0) is 43.5 Å². The standard InChI is InChI=1S/C18H27N3O2/c19-11-4-2-1-3-5-12-20-15-8-6-7-14(13-15)16-9-10-17(22)21-18(16)23/h6-8,13,16,20H,1-5,9-12,19H2,(H,21,22,23). The molecule has 1 aromatic carbocycles. The monoisotopic (exact) mass is 317 g/mol. The Morgan fingerprint density at radius 2 is 1.91 bits per heavy atom. The largest absolute Gasteiger partial charge is 0.385 e. The highest BCUT2D eigenvalue weighted by atomic mass is 16.2. The summed E-state index contributed by atoms with van der Waals surface area (Å²) < 4.78 is 0. The van der Waals surface area contributed by atoms with Gasteiger partial charge in [-0.15, -0.1) is 0 Å². The molecule has 2 rings (SSSR count). The number of rotatable bonds is 9. The third-order valence-electron chi connectivity index (χ3n) is 4.24. The van der Waals surface area contributed by atoms with Crippen LogP contribution in [0.4, 0.5) is 5.69 Å². The number of amides is 2. The Balaban J connectivity index is 1.78. The zero-order valence-corrected chi connectivity index (χ0v) is 13.6. The lowest BCUT2D eigenvalue weighted by Crippen LogP contribution is -2.39. The van der Waals surface area contributed by atoms with Gasteiger partial charge in [0.15, 0.2) is 0 Å². The predicted molar refractivity (Wildman–Crippen MR) is 92.2 cm³/mol. The molecule has 1 fully saturated rings. The molecule has 0 spiro atoms. The molecule has 0 aromatic heterocycles. The van der Waals surface area contributed by atoms with Crippen molar-refractivity contribution in [3.8, 4) is 0 Å². The average Bonchev–Trinajstić information content (AvgIpc) is 2.54. The maximum Gasteiger partial charge on any atom is 0.234 e. The van der Waals surface area contributed by atoms with Crippen molar-refractivity contribution in [2.24, 2.45) is 5.73 Å². The van der Waals surface area contributed by atoms with Crippen LogP contribution in [0, 0.1) is 0 Å². The van der Waals surface area contributed by atoms with Crippen molar-refractivity contribution >= 4 is 17.5 Å². The number of nitrogens with one attached hydrogen (secondary N) is 2. The highest BCUT2D eigenvalue weighted by Crippen LogP contribution is 2.26. The SMILES string of the molecule is NCCCCCCCNc1cccc(C2CCC(=O)NC2=O)c1. The van der Waals surface area contributed by atoms with Gasteiger partial charge in [-0.1, -0.05) is 31.4 Å². The number of unbranched alkanes of at least 4 members (excludes halogenated alkanes) is 4. The number of anilines is 1. The fourth-order valence-electron chi connectivity index (χ4n) is 2.91. The number of imide groups is 1. The molecule has 126 valence electrons. The fourth-order valence-corrected chi connectivity index (χ4v) is 2.91. The number of piperidine rings is 1. The number of carbonyl (C=O) groups is 2. The molecule has 1 aliphatic heterocycles.